The minimum Gasteiger partial charge on any atom is -0.352 e. The van der Waals surface area contributed by atoms with Crippen molar-refractivity contribution in [2.75, 3.05) is 0 Å². The molecule has 0 atom stereocenters. The predicted molar refractivity (Wildman–Crippen MR) is 33.2 cm³/mol. The van der Waals surface area contributed by atoms with Crippen molar-refractivity contribution in [1.82, 2.24) is 0 Å². The Kier molecular flexibility index (Phi) is 24.0. The average Bonchev–Trinajstić information content (AvgIpc) is 1.69. The van der Waals surface area contributed by atoms with Crippen LogP contribution >= 0.6 is 9.03 Å². The fourth-order valence-corrected chi connectivity index (χ4v) is 0. The zero-order valence-corrected chi connectivity index (χ0v) is 5.39. The summed E-state index contributed by atoms with van der Waals surface area (Å²) in [5.74, 6) is 0. The summed E-state index contributed by atoms with van der Waals surface area (Å²) in [7, 11) is -0.917. The summed E-state index contributed by atoms with van der Waals surface area (Å²) in [4.78, 5) is 14.3. The van der Waals surface area contributed by atoms with Crippen LogP contribution < -0.4 is 0 Å². The second-order valence-corrected chi connectivity index (χ2v) is 0.997. The van der Waals surface area contributed by atoms with E-state index >= 15 is 0 Å². The average molecular weight is 122 g/mol. The molecule has 7 heavy (non-hydrogen) atoms. The van der Waals surface area contributed by atoms with E-state index in [0.29, 0.717) is 0 Å². The zero-order chi connectivity index (χ0) is 6.12. The summed E-state index contributed by atoms with van der Waals surface area (Å²) in [6.45, 7) is 5.54. The van der Waals surface area contributed by atoms with Gasteiger partial charge in [-0.15, -0.1) is 6.58 Å². The Morgan fingerprint density at radius 1 is 1.71 bits per heavy atom. The van der Waals surface area contributed by atoms with Gasteiger partial charge in [0.2, 0.25) is 0 Å². The van der Waals surface area contributed by atoms with Crippen LogP contribution in [0.15, 0.2) is 12.7 Å². The van der Waals surface area contributed by atoms with Gasteiger partial charge in [-0.1, -0.05) is 13.0 Å². The van der Waals surface area contributed by atoms with Crippen molar-refractivity contribution in [2.45, 2.75) is 13.3 Å². The molecule has 0 aliphatic carbocycles. The van der Waals surface area contributed by atoms with Crippen molar-refractivity contribution >= 4 is 9.03 Å². The van der Waals surface area contributed by atoms with E-state index in [1.54, 1.807) is 0 Å². The maximum atomic E-state index is 7.15. The molecule has 0 saturated carbocycles. The summed E-state index contributed by atoms with van der Waals surface area (Å²) in [5.41, 5.74) is 0. The lowest BCUT2D eigenvalue weighted by Gasteiger charge is -1.57. The predicted octanol–water partition coefficient (Wildman–Crippen LogP) is 1.06. The Labute approximate surface area is 45.8 Å². The molecule has 0 aromatic heterocycles. The van der Waals surface area contributed by atoms with Gasteiger partial charge in [0.25, 0.3) is 0 Å². The maximum Gasteiger partial charge on any atom is 0.149 e. The molecule has 3 heteroatoms. The molecular formula is C4H11O2P. The molecule has 0 unspecified atom stereocenters. The van der Waals surface area contributed by atoms with Crippen LogP contribution in [0.25, 0.3) is 0 Å². The van der Waals surface area contributed by atoms with Crippen LogP contribution in [0, 0.1) is 0 Å². The minimum absolute atomic E-state index is 0.917. The molecule has 2 nitrogen and oxygen atoms in total. The van der Waals surface area contributed by atoms with Crippen LogP contribution in [0.1, 0.15) is 13.3 Å². The Balaban J connectivity index is 0. The first-order chi connectivity index (χ1) is 3.33. The van der Waals surface area contributed by atoms with Crippen molar-refractivity contribution < 1.29 is 9.79 Å². The molecule has 0 amide bonds. The summed E-state index contributed by atoms with van der Waals surface area (Å²) >= 11 is 0. The van der Waals surface area contributed by atoms with Gasteiger partial charge in [-0.25, -0.2) is 0 Å². The molecule has 0 aliphatic heterocycles. The van der Waals surface area contributed by atoms with Crippen LogP contribution in [-0.2, 0) is 0 Å². The quantitative estimate of drug-likeness (QED) is 0.403. The van der Waals surface area contributed by atoms with Gasteiger partial charge in [-0.05, 0) is 6.42 Å². The molecule has 0 aromatic carbocycles. The monoisotopic (exact) mass is 122 g/mol. The molecule has 2 N–H and O–H groups in total. The van der Waals surface area contributed by atoms with Gasteiger partial charge in [0.1, 0.15) is 9.03 Å². The largest absolute Gasteiger partial charge is 0.352 e. The van der Waals surface area contributed by atoms with E-state index in [2.05, 4.69) is 13.5 Å². The fraction of sp³-hybridized carbons (Fsp3) is 0.500. The van der Waals surface area contributed by atoms with Crippen LogP contribution in [0.5, 0.6) is 0 Å². The first-order valence-corrected chi connectivity index (χ1v) is 2.87. The summed E-state index contributed by atoms with van der Waals surface area (Å²) < 4.78 is 0. The summed E-state index contributed by atoms with van der Waals surface area (Å²) in [5, 5.41) is 0. The third kappa shape index (κ3) is 85.7. The van der Waals surface area contributed by atoms with E-state index in [1.807, 2.05) is 6.08 Å². The second-order valence-electron chi connectivity index (χ2n) is 0.797. The number of rotatable bonds is 1. The van der Waals surface area contributed by atoms with E-state index in [0.717, 1.165) is 6.42 Å². The molecule has 0 aliphatic rings. The van der Waals surface area contributed by atoms with E-state index < -0.39 is 9.03 Å². The van der Waals surface area contributed by atoms with Gasteiger partial charge in [-0.3, -0.25) is 0 Å². The van der Waals surface area contributed by atoms with E-state index in [-0.39, 0.29) is 0 Å². The number of hydrogen-bond donors (Lipinski definition) is 2. The molecule has 0 rings (SSSR count). The van der Waals surface area contributed by atoms with Gasteiger partial charge in [0.05, 0.1) is 0 Å². The van der Waals surface area contributed by atoms with Crippen molar-refractivity contribution in [3.63, 3.8) is 0 Å². The highest BCUT2D eigenvalue weighted by molar-refractivity contribution is 7.23. The van der Waals surface area contributed by atoms with Crippen LogP contribution in [0.2, 0.25) is 0 Å². The highest BCUT2D eigenvalue weighted by atomic mass is 31.1. The normalized spacial score (nSPS) is 6.14. The molecule has 0 spiro atoms. The first kappa shape index (κ1) is 10.1. The molecule has 0 fully saturated rings. The lowest BCUT2D eigenvalue weighted by Crippen LogP contribution is -1.36. The maximum absolute atomic E-state index is 7.15. The Hall–Kier alpha value is 0.0900. The topological polar surface area (TPSA) is 40.5 Å². The Morgan fingerprint density at radius 2 is 1.86 bits per heavy atom. The molecule has 0 saturated heterocycles. The van der Waals surface area contributed by atoms with E-state index in [1.165, 1.54) is 0 Å². The zero-order valence-electron chi connectivity index (χ0n) is 4.39. The number of hydrogen-bond acceptors (Lipinski definition) is 2. The molecule has 44 valence electrons. The second kappa shape index (κ2) is 16.5. The molecule has 0 radical (unpaired) electrons. The van der Waals surface area contributed by atoms with Gasteiger partial charge in [0, 0.05) is 0 Å². The smallest absolute Gasteiger partial charge is 0.149 e. The van der Waals surface area contributed by atoms with E-state index in [4.69, 9.17) is 9.79 Å². The summed E-state index contributed by atoms with van der Waals surface area (Å²) in [6.07, 6.45) is 2.96. The van der Waals surface area contributed by atoms with Crippen LogP contribution in [-0.4, -0.2) is 9.79 Å². The summed E-state index contributed by atoms with van der Waals surface area (Å²) in [6, 6.07) is 0. The van der Waals surface area contributed by atoms with Crippen molar-refractivity contribution in [2.24, 2.45) is 0 Å². The van der Waals surface area contributed by atoms with E-state index in [9.17, 15) is 0 Å². The fourth-order valence-electron chi connectivity index (χ4n) is 0. The van der Waals surface area contributed by atoms with Crippen molar-refractivity contribution in [3.05, 3.63) is 12.7 Å². The van der Waals surface area contributed by atoms with Gasteiger partial charge in [-0.2, -0.15) is 0 Å². The Bertz CT molecular complexity index is 30.9. The van der Waals surface area contributed by atoms with Gasteiger partial charge in [0.15, 0.2) is 0 Å². The third-order valence-electron chi connectivity index (χ3n) is 0.289. The molecule has 0 aromatic rings. The highest BCUT2D eigenvalue weighted by Gasteiger charge is 1.45. The molecule has 0 heterocycles. The van der Waals surface area contributed by atoms with Crippen molar-refractivity contribution in [3.8, 4) is 0 Å². The standard InChI is InChI=1S/C4H8.H3O2P/c1-3-4-2;1-3-2/h3H,1,4H2,2H3;1-3H. The lowest BCUT2D eigenvalue weighted by atomic mass is 10.5. The van der Waals surface area contributed by atoms with Gasteiger partial charge < -0.3 is 9.79 Å². The van der Waals surface area contributed by atoms with Gasteiger partial charge >= 0.3 is 0 Å². The lowest BCUT2D eigenvalue weighted by molar-refractivity contribution is 0.513. The number of allylic oxidation sites excluding steroid dienone is 1. The van der Waals surface area contributed by atoms with Crippen LogP contribution in [0.4, 0.5) is 0 Å². The third-order valence-corrected chi connectivity index (χ3v) is 0.289. The minimum atomic E-state index is -0.917. The SMILES string of the molecule is C=CCC.OPO. The van der Waals surface area contributed by atoms with Crippen LogP contribution in [0.3, 0.4) is 0 Å². The van der Waals surface area contributed by atoms with Crippen molar-refractivity contribution in [1.29, 1.82) is 0 Å². The molecular weight excluding hydrogens is 111 g/mol. The first-order valence-electron chi connectivity index (χ1n) is 1.97. The Morgan fingerprint density at radius 3 is 1.86 bits per heavy atom. The molecule has 0 bridgehead atoms. The highest BCUT2D eigenvalue weighted by Crippen LogP contribution is 1.81.